The van der Waals surface area contributed by atoms with Gasteiger partial charge in [-0.25, -0.2) is 4.98 Å². The molecule has 5 nitrogen and oxygen atoms in total. The van der Waals surface area contributed by atoms with E-state index in [4.69, 9.17) is 16.6 Å². The normalized spacial score (nSPS) is 17.9. The number of halogens is 1. The average Bonchev–Trinajstić information content (AvgIpc) is 3.70. The Bertz CT molecular complexity index is 1420. The maximum Gasteiger partial charge on any atom is 0.145 e. The third-order valence-electron chi connectivity index (χ3n) is 6.25. The third kappa shape index (κ3) is 3.97. The minimum absolute atomic E-state index is 0.243. The van der Waals surface area contributed by atoms with E-state index in [1.165, 1.54) is 0 Å². The summed E-state index contributed by atoms with van der Waals surface area (Å²) in [5, 5.41) is 15.0. The molecule has 2 atom stereocenters. The standard InChI is InChI=1S/C27H22ClN3O2S/c28-22-14-18(13-17-7-4-12-29-25(17)22)24-21(15-34(33)19-8-9-19)20-10-11-23(32)30-27(20)31-26(24)16-5-2-1-3-6-16/h1-7,10-14,19,23,32H,8-9,15H2,(H,30,31). The summed E-state index contributed by atoms with van der Waals surface area (Å²) in [6.45, 7) is 0. The van der Waals surface area contributed by atoms with Crippen LogP contribution in [0.3, 0.4) is 0 Å². The molecular weight excluding hydrogens is 466 g/mol. The lowest BCUT2D eigenvalue weighted by Crippen LogP contribution is -2.22. The van der Waals surface area contributed by atoms with Gasteiger partial charge in [-0.2, -0.15) is 0 Å². The van der Waals surface area contributed by atoms with Crippen molar-refractivity contribution in [1.82, 2.24) is 9.97 Å². The zero-order chi connectivity index (χ0) is 23.2. The second-order valence-corrected chi connectivity index (χ2v) is 10.8. The molecule has 0 amide bonds. The van der Waals surface area contributed by atoms with Crippen molar-refractivity contribution in [3.05, 3.63) is 83.0 Å². The number of nitrogens with zero attached hydrogens (tertiary/aromatic N) is 2. The van der Waals surface area contributed by atoms with Crippen LogP contribution in [0.5, 0.6) is 0 Å². The van der Waals surface area contributed by atoms with Gasteiger partial charge in [0.2, 0.25) is 0 Å². The van der Waals surface area contributed by atoms with E-state index in [0.29, 0.717) is 16.6 Å². The Morgan fingerprint density at radius 2 is 1.91 bits per heavy atom. The number of hydrogen-bond acceptors (Lipinski definition) is 5. The van der Waals surface area contributed by atoms with Crippen molar-refractivity contribution in [2.75, 3.05) is 5.32 Å². The first-order valence-corrected chi connectivity index (χ1v) is 13.0. The zero-order valence-corrected chi connectivity index (χ0v) is 19.8. The zero-order valence-electron chi connectivity index (χ0n) is 18.2. The van der Waals surface area contributed by atoms with Crippen LogP contribution in [0.25, 0.3) is 39.4 Å². The average molecular weight is 488 g/mol. The molecular formula is C27H22ClN3O2S. The van der Waals surface area contributed by atoms with Gasteiger partial charge in [0, 0.05) is 33.8 Å². The SMILES string of the molecule is [O-][S+](Cc1c2c(nc(-c3ccccc3)c1-c1cc(Cl)c3ncccc3c1)NC(O)C=C2)C1CC1. The molecule has 2 aromatic heterocycles. The maximum absolute atomic E-state index is 13.2. The Morgan fingerprint density at radius 1 is 1.09 bits per heavy atom. The predicted molar refractivity (Wildman–Crippen MR) is 139 cm³/mol. The summed E-state index contributed by atoms with van der Waals surface area (Å²) in [4.78, 5) is 9.40. The molecule has 2 unspecified atom stereocenters. The van der Waals surface area contributed by atoms with Gasteiger partial charge in [0.25, 0.3) is 0 Å². The number of aromatic nitrogens is 2. The number of anilines is 1. The quantitative estimate of drug-likeness (QED) is 0.348. The van der Waals surface area contributed by atoms with Crippen LogP contribution in [-0.2, 0) is 16.9 Å². The lowest BCUT2D eigenvalue weighted by atomic mass is 9.90. The fourth-order valence-corrected chi connectivity index (χ4v) is 6.22. The molecule has 2 N–H and O–H groups in total. The minimum atomic E-state index is -0.997. The van der Waals surface area contributed by atoms with E-state index in [1.54, 1.807) is 12.3 Å². The highest BCUT2D eigenvalue weighted by Crippen LogP contribution is 2.43. The topological polar surface area (TPSA) is 81.1 Å². The summed E-state index contributed by atoms with van der Waals surface area (Å²) in [5.74, 6) is 1.00. The minimum Gasteiger partial charge on any atom is -0.616 e. The van der Waals surface area contributed by atoms with Crippen LogP contribution in [0.2, 0.25) is 5.02 Å². The molecule has 0 spiro atoms. The molecule has 1 fully saturated rings. The smallest absolute Gasteiger partial charge is 0.145 e. The van der Waals surface area contributed by atoms with Gasteiger partial charge in [0.1, 0.15) is 23.0 Å². The first-order chi connectivity index (χ1) is 16.6. The first kappa shape index (κ1) is 21.6. The van der Waals surface area contributed by atoms with Crippen LogP contribution < -0.4 is 5.32 Å². The van der Waals surface area contributed by atoms with Crippen molar-refractivity contribution >= 4 is 45.6 Å². The number of aliphatic hydroxyl groups excluding tert-OH is 1. The van der Waals surface area contributed by atoms with Crippen molar-refractivity contribution in [3.8, 4) is 22.4 Å². The second kappa shape index (κ2) is 8.71. The molecule has 1 aliphatic heterocycles. The van der Waals surface area contributed by atoms with Gasteiger partial charge in [-0.05, 0) is 53.9 Å². The van der Waals surface area contributed by atoms with Crippen LogP contribution in [0.4, 0.5) is 5.82 Å². The molecule has 1 saturated carbocycles. The molecule has 170 valence electrons. The Morgan fingerprint density at radius 3 is 2.71 bits per heavy atom. The first-order valence-electron chi connectivity index (χ1n) is 11.3. The van der Waals surface area contributed by atoms with E-state index in [9.17, 15) is 9.66 Å². The van der Waals surface area contributed by atoms with Crippen LogP contribution >= 0.6 is 11.6 Å². The molecule has 1 aliphatic carbocycles. The van der Waals surface area contributed by atoms with Gasteiger partial charge in [-0.15, -0.1) is 0 Å². The number of fused-ring (bicyclic) bond motifs is 2. The van der Waals surface area contributed by atoms with E-state index in [-0.39, 0.29) is 5.25 Å². The van der Waals surface area contributed by atoms with E-state index >= 15 is 0 Å². The highest BCUT2D eigenvalue weighted by atomic mass is 35.5. The number of rotatable bonds is 5. The molecule has 0 bridgehead atoms. The maximum atomic E-state index is 13.2. The molecule has 2 aliphatic rings. The van der Waals surface area contributed by atoms with Crippen LogP contribution in [0.1, 0.15) is 24.0 Å². The molecule has 0 radical (unpaired) electrons. The van der Waals surface area contributed by atoms with Crippen molar-refractivity contribution < 1.29 is 9.66 Å². The largest absolute Gasteiger partial charge is 0.616 e. The van der Waals surface area contributed by atoms with Gasteiger partial charge in [-0.1, -0.05) is 54.1 Å². The number of pyridine rings is 2. The Hall–Kier alpha value is -2.90. The van der Waals surface area contributed by atoms with Crippen molar-refractivity contribution in [2.45, 2.75) is 30.1 Å². The molecule has 7 heteroatoms. The number of benzene rings is 2. The van der Waals surface area contributed by atoms with E-state index in [2.05, 4.69) is 16.4 Å². The summed E-state index contributed by atoms with van der Waals surface area (Å²) in [6.07, 6.45) is 6.48. The van der Waals surface area contributed by atoms with Crippen LogP contribution in [0, 0.1) is 0 Å². The Kier molecular flexibility index (Phi) is 5.54. The van der Waals surface area contributed by atoms with Crippen LogP contribution in [-0.4, -0.2) is 31.1 Å². The van der Waals surface area contributed by atoms with Crippen molar-refractivity contribution in [2.24, 2.45) is 0 Å². The molecule has 6 rings (SSSR count). The molecule has 4 aromatic rings. The summed E-state index contributed by atoms with van der Waals surface area (Å²) in [5.41, 5.74) is 6.06. The molecule has 3 heterocycles. The van der Waals surface area contributed by atoms with Crippen molar-refractivity contribution in [1.29, 1.82) is 0 Å². The fourth-order valence-electron chi connectivity index (χ4n) is 4.46. The van der Waals surface area contributed by atoms with E-state index in [0.717, 1.165) is 57.3 Å². The summed E-state index contributed by atoms with van der Waals surface area (Å²) >= 11 is 5.69. The summed E-state index contributed by atoms with van der Waals surface area (Å²) in [7, 11) is 0. The van der Waals surface area contributed by atoms with Crippen LogP contribution in [0.15, 0.2) is 66.9 Å². The van der Waals surface area contributed by atoms with E-state index in [1.807, 2.05) is 54.6 Å². The third-order valence-corrected chi connectivity index (χ3v) is 8.33. The predicted octanol–water partition coefficient (Wildman–Crippen LogP) is 5.79. The van der Waals surface area contributed by atoms with Gasteiger partial charge in [0.05, 0.1) is 16.2 Å². The van der Waals surface area contributed by atoms with Crippen molar-refractivity contribution in [3.63, 3.8) is 0 Å². The molecule has 2 aromatic carbocycles. The number of hydrogen-bond donors (Lipinski definition) is 2. The monoisotopic (exact) mass is 487 g/mol. The second-order valence-electron chi connectivity index (χ2n) is 8.65. The number of aliphatic hydroxyl groups is 1. The summed E-state index contributed by atoms with van der Waals surface area (Å²) < 4.78 is 13.2. The molecule has 0 saturated heterocycles. The lowest BCUT2D eigenvalue weighted by molar-refractivity contribution is 0.251. The molecule has 34 heavy (non-hydrogen) atoms. The summed E-state index contributed by atoms with van der Waals surface area (Å²) in [6, 6.07) is 17.8. The van der Waals surface area contributed by atoms with Gasteiger partial charge < -0.3 is 15.0 Å². The van der Waals surface area contributed by atoms with Gasteiger partial charge in [0.15, 0.2) is 0 Å². The van der Waals surface area contributed by atoms with E-state index < -0.39 is 17.4 Å². The number of nitrogens with one attached hydrogen (secondary N) is 1. The highest BCUT2D eigenvalue weighted by Gasteiger charge is 2.36. The highest BCUT2D eigenvalue weighted by molar-refractivity contribution is 7.91. The Balaban J connectivity index is 1.66. The fraction of sp³-hybridized carbons (Fsp3) is 0.185. The lowest BCUT2D eigenvalue weighted by Gasteiger charge is -2.25. The van der Waals surface area contributed by atoms with Gasteiger partial charge >= 0.3 is 0 Å². The van der Waals surface area contributed by atoms with Gasteiger partial charge in [-0.3, -0.25) is 4.98 Å². The Labute approximate surface area is 205 Å².